The maximum absolute atomic E-state index is 9.63. The van der Waals surface area contributed by atoms with Gasteiger partial charge in [0.1, 0.15) is 17.2 Å². The average molecular weight is 389 g/mol. The average Bonchev–Trinajstić information content (AvgIpc) is 2.80. The van der Waals surface area contributed by atoms with Gasteiger partial charge in [-0.1, -0.05) is 71.0 Å². The number of methoxy groups -OCH3 is 1. The minimum atomic E-state index is 0.318. The summed E-state index contributed by atoms with van der Waals surface area (Å²) in [7, 11) is 1.62. The molecule has 0 aromatic heterocycles. The third-order valence-corrected chi connectivity index (χ3v) is 4.57. The molecule has 0 bridgehead atoms. The van der Waals surface area contributed by atoms with E-state index in [4.69, 9.17) is 4.74 Å². The monoisotopic (exact) mass is 389 g/mol. The van der Waals surface area contributed by atoms with E-state index >= 15 is 0 Å². The number of hydrogen-bond acceptors (Lipinski definition) is 6. The summed E-state index contributed by atoms with van der Waals surface area (Å²) in [6.45, 7) is 0.636. The van der Waals surface area contributed by atoms with Crippen LogP contribution in [0.1, 0.15) is 11.1 Å². The van der Waals surface area contributed by atoms with Gasteiger partial charge >= 0.3 is 0 Å². The van der Waals surface area contributed by atoms with Crippen molar-refractivity contribution < 1.29 is 15.2 Å². The third kappa shape index (κ3) is 5.13. The van der Waals surface area contributed by atoms with E-state index in [9.17, 15) is 10.4 Å². The van der Waals surface area contributed by atoms with E-state index in [1.54, 1.807) is 7.11 Å². The molecule has 0 heterocycles. The fourth-order valence-electron chi connectivity index (χ4n) is 3.02. The number of anilines is 1. The fourth-order valence-corrected chi connectivity index (χ4v) is 3.02. The highest BCUT2D eigenvalue weighted by atomic mass is 16.5. The van der Waals surface area contributed by atoms with Gasteiger partial charge in [-0.3, -0.25) is 0 Å². The Balaban J connectivity index is 1.92. The Morgan fingerprint density at radius 1 is 0.724 bits per heavy atom. The minimum Gasteiger partial charge on any atom is -0.497 e. The number of rotatable bonds is 8. The molecular weight excluding hydrogens is 366 g/mol. The lowest BCUT2D eigenvalue weighted by Crippen LogP contribution is -2.35. The molecule has 3 aromatic rings. The van der Waals surface area contributed by atoms with Gasteiger partial charge in [0.2, 0.25) is 0 Å². The van der Waals surface area contributed by atoms with Crippen LogP contribution in [0, 0.1) is 0 Å². The standard InChI is InChI=1S/C23H23N3O3/c1-29-21-14-12-20(13-15-21)26(16-22(24-27)18-8-4-2-5-9-18)17-23(25-28)19-10-6-3-7-11-19/h2-15,27-28H,16-17H2,1H3/b24-22+,25-23+. The van der Waals surface area contributed by atoms with Gasteiger partial charge in [-0.2, -0.15) is 0 Å². The van der Waals surface area contributed by atoms with Crippen LogP contribution in [-0.4, -0.2) is 42.0 Å². The Kier molecular flexibility index (Phi) is 6.84. The van der Waals surface area contributed by atoms with Crippen molar-refractivity contribution in [1.29, 1.82) is 0 Å². The molecule has 3 aromatic carbocycles. The van der Waals surface area contributed by atoms with Gasteiger partial charge in [0.25, 0.3) is 0 Å². The Labute approximate surface area is 170 Å². The quantitative estimate of drug-likeness (QED) is 0.343. The molecule has 0 unspecified atom stereocenters. The molecule has 0 aliphatic carbocycles. The molecule has 0 fully saturated rings. The number of oxime groups is 2. The molecule has 0 radical (unpaired) electrons. The van der Waals surface area contributed by atoms with Crippen molar-refractivity contribution in [3.05, 3.63) is 96.1 Å². The van der Waals surface area contributed by atoms with Gasteiger partial charge in [0, 0.05) is 16.8 Å². The number of hydrogen-bond donors (Lipinski definition) is 2. The normalized spacial score (nSPS) is 11.9. The molecule has 0 atom stereocenters. The topological polar surface area (TPSA) is 77.7 Å². The van der Waals surface area contributed by atoms with Crippen molar-refractivity contribution in [2.75, 3.05) is 25.1 Å². The van der Waals surface area contributed by atoms with Crippen LogP contribution < -0.4 is 9.64 Å². The van der Waals surface area contributed by atoms with Crippen LogP contribution in [0.15, 0.2) is 95.2 Å². The van der Waals surface area contributed by atoms with E-state index in [2.05, 4.69) is 10.3 Å². The van der Waals surface area contributed by atoms with E-state index in [-0.39, 0.29) is 0 Å². The molecule has 29 heavy (non-hydrogen) atoms. The van der Waals surface area contributed by atoms with Crippen LogP contribution in [0.25, 0.3) is 0 Å². The second-order valence-corrected chi connectivity index (χ2v) is 6.38. The lowest BCUT2D eigenvalue weighted by Gasteiger charge is -2.26. The molecule has 0 amide bonds. The largest absolute Gasteiger partial charge is 0.497 e. The van der Waals surface area contributed by atoms with Crippen LogP contribution in [0.2, 0.25) is 0 Å². The van der Waals surface area contributed by atoms with Crippen molar-refractivity contribution in [3.8, 4) is 5.75 Å². The molecule has 3 rings (SSSR count). The summed E-state index contributed by atoms with van der Waals surface area (Å²) in [5.74, 6) is 0.743. The first-order chi connectivity index (χ1) is 14.2. The van der Waals surface area contributed by atoms with Gasteiger partial charge in [-0.15, -0.1) is 0 Å². The molecular formula is C23H23N3O3. The van der Waals surface area contributed by atoms with Gasteiger partial charge in [0.05, 0.1) is 20.2 Å². The van der Waals surface area contributed by atoms with Crippen molar-refractivity contribution in [2.24, 2.45) is 10.3 Å². The Morgan fingerprint density at radius 3 is 1.55 bits per heavy atom. The Morgan fingerprint density at radius 2 is 1.17 bits per heavy atom. The van der Waals surface area contributed by atoms with E-state index in [1.165, 1.54) is 0 Å². The summed E-state index contributed by atoms with van der Waals surface area (Å²) in [6, 6.07) is 26.5. The maximum Gasteiger partial charge on any atom is 0.119 e. The molecule has 0 saturated carbocycles. The molecule has 6 heteroatoms. The molecule has 0 saturated heterocycles. The van der Waals surface area contributed by atoms with Crippen molar-refractivity contribution >= 4 is 17.1 Å². The van der Waals surface area contributed by atoms with Gasteiger partial charge in [-0.05, 0) is 24.3 Å². The van der Waals surface area contributed by atoms with Crippen LogP contribution in [0.3, 0.4) is 0 Å². The summed E-state index contributed by atoms with van der Waals surface area (Å²) in [6.07, 6.45) is 0. The molecule has 0 aliphatic heterocycles. The van der Waals surface area contributed by atoms with Crippen LogP contribution in [-0.2, 0) is 0 Å². The zero-order chi connectivity index (χ0) is 20.5. The fraction of sp³-hybridized carbons (Fsp3) is 0.130. The Bertz CT molecular complexity index is 898. The predicted octanol–water partition coefficient (Wildman–Crippen LogP) is 4.26. The van der Waals surface area contributed by atoms with Crippen LogP contribution in [0.4, 0.5) is 5.69 Å². The highest BCUT2D eigenvalue weighted by Crippen LogP contribution is 2.21. The zero-order valence-electron chi connectivity index (χ0n) is 16.1. The molecule has 0 spiro atoms. The summed E-state index contributed by atoms with van der Waals surface area (Å²) < 4.78 is 5.25. The first-order valence-corrected chi connectivity index (χ1v) is 9.17. The van der Waals surface area contributed by atoms with Crippen LogP contribution >= 0.6 is 0 Å². The van der Waals surface area contributed by atoms with Crippen molar-refractivity contribution in [1.82, 2.24) is 0 Å². The SMILES string of the molecule is COc1ccc(N(C/C(=N\O)c2ccccc2)C/C(=N\O)c2ccccc2)cc1. The maximum atomic E-state index is 9.63. The van der Waals surface area contributed by atoms with Gasteiger partial charge in [-0.25, -0.2) is 0 Å². The number of ether oxygens (including phenoxy) is 1. The summed E-state index contributed by atoms with van der Waals surface area (Å²) >= 11 is 0. The van der Waals surface area contributed by atoms with E-state index < -0.39 is 0 Å². The molecule has 2 N–H and O–H groups in total. The molecule has 148 valence electrons. The second-order valence-electron chi connectivity index (χ2n) is 6.38. The van der Waals surface area contributed by atoms with Crippen molar-refractivity contribution in [3.63, 3.8) is 0 Å². The summed E-state index contributed by atoms with van der Waals surface area (Å²) in [5, 5.41) is 26.3. The third-order valence-electron chi connectivity index (χ3n) is 4.57. The Hall–Kier alpha value is -3.80. The van der Waals surface area contributed by atoms with Gasteiger partial charge < -0.3 is 20.1 Å². The smallest absolute Gasteiger partial charge is 0.119 e. The first kappa shape index (κ1) is 19.9. The highest BCUT2D eigenvalue weighted by molar-refractivity contribution is 6.06. The number of nitrogens with zero attached hydrogens (tertiary/aromatic N) is 3. The molecule has 6 nitrogen and oxygen atoms in total. The van der Waals surface area contributed by atoms with Crippen molar-refractivity contribution in [2.45, 2.75) is 0 Å². The van der Waals surface area contributed by atoms with E-state index in [0.29, 0.717) is 24.5 Å². The van der Waals surface area contributed by atoms with Crippen LogP contribution in [0.5, 0.6) is 5.75 Å². The highest BCUT2D eigenvalue weighted by Gasteiger charge is 2.16. The first-order valence-electron chi connectivity index (χ1n) is 9.17. The molecule has 0 aliphatic rings. The predicted molar refractivity (Wildman–Crippen MR) is 115 cm³/mol. The lowest BCUT2D eigenvalue weighted by molar-refractivity contribution is 0.318. The summed E-state index contributed by atoms with van der Waals surface area (Å²) in [4.78, 5) is 1.98. The second kappa shape index (κ2) is 9.94. The summed E-state index contributed by atoms with van der Waals surface area (Å²) in [5.41, 5.74) is 3.52. The van der Waals surface area contributed by atoms with E-state index in [1.807, 2.05) is 89.8 Å². The van der Waals surface area contributed by atoms with E-state index in [0.717, 1.165) is 22.6 Å². The zero-order valence-corrected chi connectivity index (χ0v) is 16.1. The lowest BCUT2D eigenvalue weighted by atomic mass is 10.1. The minimum absolute atomic E-state index is 0.318. The van der Waals surface area contributed by atoms with Gasteiger partial charge in [0.15, 0.2) is 0 Å². The number of benzene rings is 3.